The molecule has 6 nitrogen and oxygen atoms in total. The van der Waals surface area contributed by atoms with Crippen molar-refractivity contribution in [3.63, 3.8) is 0 Å². The molecular weight excluding hydrogens is 290 g/mol. The number of aromatic nitrogens is 3. The van der Waals surface area contributed by atoms with Crippen LogP contribution in [0.5, 0.6) is 0 Å². The highest BCUT2D eigenvalue weighted by atomic mass is 16.3. The van der Waals surface area contributed by atoms with Gasteiger partial charge in [-0.15, -0.1) is 4.52 Å². The lowest BCUT2D eigenvalue weighted by atomic mass is 10.1. The van der Waals surface area contributed by atoms with Gasteiger partial charge in [0.25, 0.3) is 5.82 Å². The molecule has 0 aliphatic carbocycles. The van der Waals surface area contributed by atoms with E-state index in [2.05, 4.69) is 15.2 Å². The fourth-order valence-electron chi connectivity index (χ4n) is 2.48. The van der Waals surface area contributed by atoms with Crippen molar-refractivity contribution in [1.82, 2.24) is 10.1 Å². The van der Waals surface area contributed by atoms with Gasteiger partial charge in [0.2, 0.25) is 0 Å². The molecule has 0 saturated carbocycles. The van der Waals surface area contributed by atoms with E-state index < -0.39 is 0 Å². The fourth-order valence-corrected chi connectivity index (χ4v) is 2.48. The Balaban J connectivity index is 1.98. The quantitative estimate of drug-likeness (QED) is 0.494. The van der Waals surface area contributed by atoms with Crippen LogP contribution in [0, 0.1) is 0 Å². The Hall–Kier alpha value is -3.28. The van der Waals surface area contributed by atoms with Gasteiger partial charge in [-0.2, -0.15) is 5.10 Å². The molecule has 0 bridgehead atoms. The van der Waals surface area contributed by atoms with Gasteiger partial charge in [-0.3, -0.25) is 0 Å². The standard InChI is InChI=1S/C17H13N5O/c1-21-17-15(20-22-10-6-5-9-14(22)19-17)13(11-18-21)16(23)12-7-3-2-4-8-12/h2-11H,1H3. The molecular formula is C17H13N5O. The van der Waals surface area contributed by atoms with Crippen LogP contribution in [-0.4, -0.2) is 23.3 Å². The van der Waals surface area contributed by atoms with Crippen LogP contribution in [0.1, 0.15) is 11.3 Å². The van der Waals surface area contributed by atoms with E-state index in [1.165, 1.54) is 0 Å². The smallest absolute Gasteiger partial charge is 0.350 e. The van der Waals surface area contributed by atoms with Crippen molar-refractivity contribution in [3.05, 3.63) is 66.0 Å². The van der Waals surface area contributed by atoms with Gasteiger partial charge in [-0.05, 0) is 16.6 Å². The Morgan fingerprint density at radius 1 is 1.09 bits per heavy atom. The average Bonchev–Trinajstić information content (AvgIpc) is 2.61. The van der Waals surface area contributed by atoms with Crippen LogP contribution in [0.3, 0.4) is 0 Å². The molecule has 3 heterocycles. The third-order valence-electron chi connectivity index (χ3n) is 3.66. The minimum absolute atomic E-state index is 0.117. The number of allylic oxidation sites excluding steroid dienone is 1. The summed E-state index contributed by atoms with van der Waals surface area (Å²) >= 11 is 0. The Morgan fingerprint density at radius 2 is 1.87 bits per heavy atom. The molecule has 0 radical (unpaired) electrons. The summed E-state index contributed by atoms with van der Waals surface area (Å²) in [6.07, 6.45) is 3.35. The van der Waals surface area contributed by atoms with Gasteiger partial charge in [0, 0.05) is 18.7 Å². The van der Waals surface area contributed by atoms with E-state index in [4.69, 9.17) is 0 Å². The van der Waals surface area contributed by atoms with Crippen molar-refractivity contribution >= 4 is 29.0 Å². The van der Waals surface area contributed by atoms with E-state index in [0.717, 1.165) is 0 Å². The summed E-state index contributed by atoms with van der Waals surface area (Å²) in [6, 6.07) is 14.7. The fraction of sp³-hybridized carbons (Fsp3) is 0.0588. The Bertz CT molecular complexity index is 950. The van der Waals surface area contributed by atoms with E-state index in [0.29, 0.717) is 28.3 Å². The summed E-state index contributed by atoms with van der Waals surface area (Å²) in [5.74, 6) is 0.451. The number of hydrogen-bond acceptors (Lipinski definition) is 5. The summed E-state index contributed by atoms with van der Waals surface area (Å²) in [4.78, 5) is 4.56. The van der Waals surface area contributed by atoms with Gasteiger partial charge >= 0.3 is 5.65 Å². The minimum atomic E-state index is -0.117. The molecule has 1 aliphatic rings. The van der Waals surface area contributed by atoms with E-state index in [1.807, 2.05) is 36.4 Å². The summed E-state index contributed by atoms with van der Waals surface area (Å²) < 4.78 is 1.66. The highest BCUT2D eigenvalue weighted by Gasteiger charge is 2.26. The third kappa shape index (κ3) is 2.20. The molecule has 0 fully saturated rings. The lowest BCUT2D eigenvalue weighted by Crippen LogP contribution is -2.33. The van der Waals surface area contributed by atoms with Gasteiger partial charge in [-0.1, -0.05) is 47.3 Å². The number of rotatable bonds is 1. The van der Waals surface area contributed by atoms with E-state index in [9.17, 15) is 5.11 Å². The number of hydrogen-bond donors (Lipinski definition) is 0. The third-order valence-corrected chi connectivity index (χ3v) is 3.66. The van der Waals surface area contributed by atoms with Crippen LogP contribution >= 0.6 is 0 Å². The van der Waals surface area contributed by atoms with Crippen LogP contribution in [0.2, 0.25) is 0 Å². The second-order valence-corrected chi connectivity index (χ2v) is 5.16. The number of pyridine rings is 1. The molecule has 4 rings (SSSR count). The number of fused-ring (bicyclic) bond motifs is 2. The predicted molar refractivity (Wildman–Crippen MR) is 85.3 cm³/mol. The maximum Gasteiger partial charge on any atom is 0.350 e. The maximum absolute atomic E-state index is 12.8. The number of anilines is 1. The number of hydrazone groups is 1. The molecule has 1 aliphatic heterocycles. The van der Waals surface area contributed by atoms with Crippen LogP contribution in [0.4, 0.5) is 5.82 Å². The monoisotopic (exact) mass is 303 g/mol. The lowest BCUT2D eigenvalue weighted by molar-refractivity contribution is -0.583. The van der Waals surface area contributed by atoms with Crippen molar-refractivity contribution < 1.29 is 9.62 Å². The van der Waals surface area contributed by atoms with E-state index >= 15 is 0 Å². The molecule has 23 heavy (non-hydrogen) atoms. The highest BCUT2D eigenvalue weighted by molar-refractivity contribution is 6.19. The first kappa shape index (κ1) is 13.4. The molecule has 1 aromatic carbocycles. The summed E-state index contributed by atoms with van der Waals surface area (Å²) in [6.45, 7) is 0. The van der Waals surface area contributed by atoms with Crippen LogP contribution in [-0.2, 0) is 0 Å². The summed E-state index contributed by atoms with van der Waals surface area (Å²) in [5.41, 5.74) is 2.27. The highest BCUT2D eigenvalue weighted by Crippen LogP contribution is 2.28. The zero-order chi connectivity index (χ0) is 15.8. The first-order valence-corrected chi connectivity index (χ1v) is 7.17. The van der Waals surface area contributed by atoms with E-state index in [1.54, 1.807) is 41.1 Å². The van der Waals surface area contributed by atoms with Crippen LogP contribution in [0.15, 0.2) is 59.8 Å². The number of benzene rings is 1. The van der Waals surface area contributed by atoms with Crippen molar-refractivity contribution in [2.24, 2.45) is 5.10 Å². The molecule has 0 atom stereocenters. The maximum atomic E-state index is 12.8. The normalized spacial score (nSPS) is 15.6. The Labute approximate surface area is 132 Å². The zero-order valence-electron chi connectivity index (χ0n) is 12.4. The second-order valence-electron chi connectivity index (χ2n) is 5.16. The number of nitrogens with zero attached hydrogens (tertiary/aromatic N) is 5. The van der Waals surface area contributed by atoms with Gasteiger partial charge in [0.15, 0.2) is 5.69 Å². The molecule has 0 N–H and O–H groups in total. The molecule has 3 aromatic rings. The van der Waals surface area contributed by atoms with Crippen LogP contribution in [0.25, 0.3) is 17.0 Å². The average molecular weight is 303 g/mol. The summed E-state index contributed by atoms with van der Waals surface area (Å²) in [5, 5.41) is 23.2. The predicted octanol–water partition coefficient (Wildman–Crippen LogP) is 0.879. The molecule has 6 heteroatoms. The van der Waals surface area contributed by atoms with Crippen molar-refractivity contribution in [3.8, 4) is 0 Å². The SMILES string of the molecule is CN1N=C/C(=C(/[O-])c2ccccc2)c2n[n+]3ccccc3nc21. The molecule has 0 spiro atoms. The van der Waals surface area contributed by atoms with E-state index in [-0.39, 0.29) is 5.76 Å². The van der Waals surface area contributed by atoms with Gasteiger partial charge in [0.05, 0.1) is 6.21 Å². The molecule has 112 valence electrons. The molecule has 0 amide bonds. The first-order chi connectivity index (χ1) is 11.2. The minimum Gasteiger partial charge on any atom is -0.872 e. The zero-order valence-corrected chi connectivity index (χ0v) is 12.4. The van der Waals surface area contributed by atoms with Gasteiger partial charge < -0.3 is 5.11 Å². The lowest BCUT2D eigenvalue weighted by Gasteiger charge is -2.21. The Kier molecular flexibility index (Phi) is 3.01. The first-order valence-electron chi connectivity index (χ1n) is 7.17. The van der Waals surface area contributed by atoms with Crippen molar-refractivity contribution in [2.75, 3.05) is 12.1 Å². The molecule has 2 aromatic heterocycles. The molecule has 0 saturated heterocycles. The second kappa shape index (κ2) is 5.17. The van der Waals surface area contributed by atoms with Crippen molar-refractivity contribution in [1.29, 1.82) is 0 Å². The molecule has 0 unspecified atom stereocenters. The van der Waals surface area contributed by atoms with Crippen molar-refractivity contribution in [2.45, 2.75) is 0 Å². The van der Waals surface area contributed by atoms with Crippen LogP contribution < -0.4 is 14.6 Å². The topological polar surface area (TPSA) is 68.5 Å². The summed E-state index contributed by atoms with van der Waals surface area (Å²) in [7, 11) is 1.78. The van der Waals surface area contributed by atoms with Gasteiger partial charge in [-0.25, -0.2) is 5.01 Å². The Morgan fingerprint density at radius 3 is 2.70 bits per heavy atom. The van der Waals surface area contributed by atoms with Gasteiger partial charge in [0.1, 0.15) is 6.20 Å². The largest absolute Gasteiger partial charge is 0.872 e.